The maximum absolute atomic E-state index is 12.6. The zero-order valence-electron chi connectivity index (χ0n) is 20.5. The lowest BCUT2D eigenvalue weighted by atomic mass is 9.81. The Bertz CT molecular complexity index is 900. The summed E-state index contributed by atoms with van der Waals surface area (Å²) in [7, 11) is 0. The van der Waals surface area contributed by atoms with Crippen molar-refractivity contribution in [3.05, 3.63) is 64.7 Å². The lowest BCUT2D eigenvalue weighted by molar-refractivity contribution is -0.124. The van der Waals surface area contributed by atoms with Gasteiger partial charge in [0.15, 0.2) is 12.4 Å². The summed E-state index contributed by atoms with van der Waals surface area (Å²) < 4.78 is 6.08. The summed E-state index contributed by atoms with van der Waals surface area (Å²) in [6.07, 6.45) is 9.43. The van der Waals surface area contributed by atoms with E-state index in [4.69, 9.17) is 27.9 Å². The van der Waals surface area contributed by atoms with Crippen LogP contribution in [0, 0.1) is 11.8 Å². The van der Waals surface area contributed by atoms with Crippen LogP contribution in [0.25, 0.3) is 0 Å². The molecule has 7 heteroatoms. The Morgan fingerprint density at radius 3 is 2.47 bits per heavy atom. The molecule has 188 valence electrons. The summed E-state index contributed by atoms with van der Waals surface area (Å²) in [5.74, 6) is 0.527. The molecule has 4 atom stereocenters. The monoisotopic (exact) mass is 619 g/mol. The third-order valence-corrected chi connectivity index (χ3v) is 8.44. The van der Waals surface area contributed by atoms with Gasteiger partial charge in [0.1, 0.15) is 10.8 Å². The molecule has 1 amide bonds. The Balaban J connectivity index is 2.80. The van der Waals surface area contributed by atoms with Gasteiger partial charge in [-0.1, -0.05) is 104 Å². The van der Waals surface area contributed by atoms with E-state index in [1.807, 2.05) is 19.9 Å². The molecule has 0 fully saturated rings. The first-order chi connectivity index (χ1) is 16.1. The van der Waals surface area contributed by atoms with Crippen molar-refractivity contribution in [2.75, 3.05) is 6.61 Å². The highest BCUT2D eigenvalue weighted by molar-refractivity contribution is 14.1. The third kappa shape index (κ3) is 9.04. The van der Waals surface area contributed by atoms with Crippen molar-refractivity contribution in [1.29, 1.82) is 0 Å². The fourth-order valence-corrected chi connectivity index (χ4v) is 5.09. The van der Waals surface area contributed by atoms with Gasteiger partial charge in [0.2, 0.25) is 0 Å². The maximum Gasteiger partial charge on any atom is 0.258 e. The molecule has 0 aliphatic carbocycles. The topological polar surface area (TPSA) is 55.4 Å². The number of hydrogen-bond donors (Lipinski definition) is 1. The van der Waals surface area contributed by atoms with Crippen molar-refractivity contribution in [3.8, 4) is 5.75 Å². The molecule has 0 aliphatic heterocycles. The number of ether oxygens (including phenoxy) is 1. The lowest BCUT2D eigenvalue weighted by Gasteiger charge is -2.32. The summed E-state index contributed by atoms with van der Waals surface area (Å²) in [6.45, 7) is 15.6. The number of hydrogen-bond acceptors (Lipinski definition) is 3. The van der Waals surface area contributed by atoms with E-state index in [-0.39, 0.29) is 45.7 Å². The predicted octanol–water partition coefficient (Wildman–Crippen LogP) is 8.01. The molecule has 0 unspecified atom stereocenters. The highest BCUT2D eigenvalue weighted by atomic mass is 127. The van der Waals surface area contributed by atoms with Crippen molar-refractivity contribution in [3.63, 3.8) is 0 Å². The van der Waals surface area contributed by atoms with Crippen LogP contribution >= 0.6 is 45.8 Å². The molecule has 0 bridgehead atoms. The van der Waals surface area contributed by atoms with Crippen LogP contribution in [0.3, 0.4) is 0 Å². The van der Waals surface area contributed by atoms with Crippen LogP contribution in [0.4, 0.5) is 0 Å². The van der Waals surface area contributed by atoms with Crippen molar-refractivity contribution in [2.45, 2.75) is 63.3 Å². The Morgan fingerprint density at radius 2 is 1.88 bits per heavy atom. The average molecular weight is 620 g/mol. The smallest absolute Gasteiger partial charge is 0.258 e. The zero-order chi connectivity index (χ0) is 25.8. The molecule has 0 aromatic heterocycles. The number of rotatable bonds is 15. The third-order valence-electron chi connectivity index (χ3n) is 5.93. The number of alkyl halides is 1. The highest BCUT2D eigenvalue weighted by Gasteiger charge is 2.28. The number of Topliss-reactive ketones (excluding diaryl/α,β-unsaturated/α-hetero) is 1. The van der Waals surface area contributed by atoms with Gasteiger partial charge in [-0.15, -0.1) is 0 Å². The Kier molecular flexibility index (Phi) is 14.1. The SMILES string of the molecule is C=C/C=C\C[C@H](I)[C@@H](C)[C@H](CCC)[C@@H](C)NC(=O)COc1ccc(C(=O)C(=C)CC)c(Cl)c1Cl. The molecule has 0 saturated heterocycles. The molecular weight excluding hydrogens is 584 g/mol. The van der Waals surface area contributed by atoms with Crippen LogP contribution in [0.15, 0.2) is 49.1 Å². The number of halogens is 3. The van der Waals surface area contributed by atoms with E-state index in [0.717, 1.165) is 19.3 Å². The van der Waals surface area contributed by atoms with Crippen molar-refractivity contribution < 1.29 is 14.3 Å². The van der Waals surface area contributed by atoms with Crippen LogP contribution in [0.2, 0.25) is 10.0 Å². The minimum Gasteiger partial charge on any atom is -0.482 e. The molecule has 1 aromatic rings. The van der Waals surface area contributed by atoms with E-state index in [1.54, 1.807) is 18.2 Å². The van der Waals surface area contributed by atoms with Gasteiger partial charge < -0.3 is 10.1 Å². The molecule has 0 spiro atoms. The largest absolute Gasteiger partial charge is 0.482 e. The molecule has 0 radical (unpaired) electrons. The number of allylic oxidation sites excluding steroid dienone is 4. The molecular formula is C27H36Cl2INO3. The van der Waals surface area contributed by atoms with E-state index in [0.29, 0.717) is 27.8 Å². The first-order valence-electron chi connectivity index (χ1n) is 11.6. The second-order valence-corrected chi connectivity index (χ2v) is 10.8. The lowest BCUT2D eigenvalue weighted by Crippen LogP contribution is -2.44. The van der Waals surface area contributed by atoms with Gasteiger partial charge in [-0.3, -0.25) is 9.59 Å². The van der Waals surface area contributed by atoms with Crippen molar-refractivity contribution >= 4 is 57.5 Å². The molecule has 0 heterocycles. The van der Waals surface area contributed by atoms with E-state index in [2.05, 4.69) is 61.0 Å². The molecule has 4 nitrogen and oxygen atoms in total. The van der Waals surface area contributed by atoms with Gasteiger partial charge in [0.05, 0.1) is 5.02 Å². The molecule has 0 saturated carbocycles. The minimum absolute atomic E-state index is 0.00851. The fourth-order valence-electron chi connectivity index (χ4n) is 3.80. The second kappa shape index (κ2) is 15.6. The van der Waals surface area contributed by atoms with Gasteiger partial charge in [-0.2, -0.15) is 0 Å². The summed E-state index contributed by atoms with van der Waals surface area (Å²) in [5, 5.41) is 3.29. The molecule has 1 N–H and O–H groups in total. The predicted molar refractivity (Wildman–Crippen MR) is 153 cm³/mol. The van der Waals surface area contributed by atoms with Crippen molar-refractivity contribution in [2.24, 2.45) is 11.8 Å². The first kappa shape index (κ1) is 30.7. The summed E-state index contributed by atoms with van der Waals surface area (Å²) in [5.41, 5.74) is 0.720. The quantitative estimate of drug-likeness (QED) is 0.0711. The maximum atomic E-state index is 12.6. The summed E-state index contributed by atoms with van der Waals surface area (Å²) in [4.78, 5) is 25.0. The number of amides is 1. The van der Waals surface area contributed by atoms with Crippen LogP contribution in [0.1, 0.15) is 63.7 Å². The highest BCUT2D eigenvalue weighted by Crippen LogP contribution is 2.36. The van der Waals surface area contributed by atoms with Crippen LogP contribution < -0.4 is 10.1 Å². The number of benzene rings is 1. The van der Waals surface area contributed by atoms with Gasteiger partial charge in [0.25, 0.3) is 5.91 Å². The normalized spacial score (nSPS) is 14.8. The van der Waals surface area contributed by atoms with Gasteiger partial charge >= 0.3 is 0 Å². The van der Waals surface area contributed by atoms with E-state index >= 15 is 0 Å². The Hall–Kier alpha value is -1.31. The van der Waals surface area contributed by atoms with Crippen molar-refractivity contribution in [1.82, 2.24) is 5.32 Å². The van der Waals surface area contributed by atoms with Crippen LogP contribution in [-0.2, 0) is 4.79 Å². The average Bonchev–Trinajstić information content (AvgIpc) is 2.81. The molecule has 34 heavy (non-hydrogen) atoms. The van der Waals surface area contributed by atoms with E-state index < -0.39 is 0 Å². The minimum atomic E-state index is -0.253. The summed E-state index contributed by atoms with van der Waals surface area (Å²) in [6, 6.07) is 3.10. The van der Waals surface area contributed by atoms with E-state index in [9.17, 15) is 9.59 Å². The molecule has 1 aromatic carbocycles. The van der Waals surface area contributed by atoms with Gasteiger partial charge in [0, 0.05) is 15.5 Å². The molecule has 1 rings (SSSR count). The zero-order valence-corrected chi connectivity index (χ0v) is 24.2. The fraction of sp³-hybridized carbons (Fsp3) is 0.481. The number of nitrogens with one attached hydrogen (secondary N) is 1. The van der Waals surface area contributed by atoms with Gasteiger partial charge in [-0.05, 0) is 55.7 Å². The molecule has 0 aliphatic rings. The van der Waals surface area contributed by atoms with Crippen LogP contribution in [-0.4, -0.2) is 28.3 Å². The first-order valence-corrected chi connectivity index (χ1v) is 13.6. The second-order valence-electron chi connectivity index (χ2n) is 8.40. The number of ketones is 1. The number of carbonyl (C=O) groups is 2. The van der Waals surface area contributed by atoms with Gasteiger partial charge in [-0.25, -0.2) is 0 Å². The number of carbonyl (C=O) groups excluding carboxylic acids is 2. The van der Waals surface area contributed by atoms with Crippen LogP contribution in [0.5, 0.6) is 5.75 Å². The Morgan fingerprint density at radius 1 is 1.21 bits per heavy atom. The van der Waals surface area contributed by atoms with E-state index in [1.165, 1.54) is 0 Å². The standard InChI is InChI=1S/C27H36Cl2INO3/c1-7-10-11-13-22(30)18(5)20(12-8-2)19(6)31-24(32)16-34-23-15-14-21(25(28)26(23)29)27(33)17(4)9-3/h7,10-11,14-15,18-20,22H,1,4,8-9,12-13,16H2,2-3,5-6H3,(H,31,32)/b11-10-/t18-,19+,20-,22-/m0/s1. The Labute approximate surface area is 228 Å². The summed E-state index contributed by atoms with van der Waals surface area (Å²) >= 11 is 15.1.